The minimum atomic E-state index is 0.786. The SMILES string of the molecule is CCCCCCCCOc1ccc(/C=C/c2ccnc(-c3cc(/C=C/c4ccc(OCCCCCCCC)cc4)ccn3)c2)cc1. The first kappa shape index (κ1) is 34.7. The van der Waals surface area contributed by atoms with Gasteiger partial charge < -0.3 is 9.47 Å². The molecule has 0 aliphatic rings. The summed E-state index contributed by atoms with van der Waals surface area (Å²) in [5, 5.41) is 0. The highest BCUT2D eigenvalue weighted by atomic mass is 16.5. The van der Waals surface area contributed by atoms with E-state index in [0.717, 1.165) is 71.2 Å². The lowest BCUT2D eigenvalue weighted by Crippen LogP contribution is -1.97. The highest BCUT2D eigenvalue weighted by molar-refractivity contribution is 5.74. The summed E-state index contributed by atoms with van der Waals surface area (Å²) in [6.45, 7) is 6.08. The average Bonchev–Trinajstić information content (AvgIpc) is 3.10. The van der Waals surface area contributed by atoms with Crippen LogP contribution < -0.4 is 9.47 Å². The molecule has 0 aliphatic heterocycles. The maximum absolute atomic E-state index is 5.93. The summed E-state index contributed by atoms with van der Waals surface area (Å²) in [5.41, 5.74) is 6.12. The Labute approximate surface area is 277 Å². The first-order valence-electron chi connectivity index (χ1n) is 17.5. The zero-order valence-electron chi connectivity index (χ0n) is 28.0. The highest BCUT2D eigenvalue weighted by Gasteiger charge is 2.03. The first-order valence-corrected chi connectivity index (χ1v) is 17.5. The lowest BCUT2D eigenvalue weighted by atomic mass is 10.1. The lowest BCUT2D eigenvalue weighted by molar-refractivity contribution is 0.304. The van der Waals surface area contributed by atoms with Crippen molar-refractivity contribution >= 4 is 24.3 Å². The number of benzene rings is 2. The number of nitrogens with zero attached hydrogens (tertiary/aromatic N) is 2. The number of hydrogen-bond donors (Lipinski definition) is 0. The molecule has 0 N–H and O–H groups in total. The smallest absolute Gasteiger partial charge is 0.119 e. The van der Waals surface area contributed by atoms with Gasteiger partial charge in [-0.15, -0.1) is 0 Å². The van der Waals surface area contributed by atoms with E-state index in [1.165, 1.54) is 64.2 Å². The van der Waals surface area contributed by atoms with Gasteiger partial charge in [0, 0.05) is 12.4 Å². The zero-order valence-corrected chi connectivity index (χ0v) is 28.0. The summed E-state index contributed by atoms with van der Waals surface area (Å²) in [6.07, 6.45) is 27.4. The van der Waals surface area contributed by atoms with Crippen LogP contribution in [-0.4, -0.2) is 23.2 Å². The molecule has 0 unspecified atom stereocenters. The molecule has 0 atom stereocenters. The highest BCUT2D eigenvalue weighted by Crippen LogP contribution is 2.21. The van der Waals surface area contributed by atoms with Crippen molar-refractivity contribution in [2.45, 2.75) is 90.9 Å². The molecule has 4 rings (SSSR count). The average molecular weight is 617 g/mol. The molecule has 0 bridgehead atoms. The summed E-state index contributed by atoms with van der Waals surface area (Å²) in [7, 11) is 0. The van der Waals surface area contributed by atoms with Crippen LogP contribution in [0.5, 0.6) is 11.5 Å². The second-order valence-electron chi connectivity index (χ2n) is 12.0. The molecule has 0 aliphatic carbocycles. The molecule has 0 spiro atoms. The van der Waals surface area contributed by atoms with Crippen molar-refractivity contribution in [2.24, 2.45) is 0 Å². The van der Waals surface area contributed by atoms with Gasteiger partial charge in [0.05, 0.1) is 24.6 Å². The third-order valence-corrected chi connectivity index (χ3v) is 8.06. The number of pyridine rings is 2. The van der Waals surface area contributed by atoms with Crippen LogP contribution in [-0.2, 0) is 0 Å². The van der Waals surface area contributed by atoms with Gasteiger partial charge in [-0.3, -0.25) is 9.97 Å². The Hall–Kier alpha value is -4.18. The molecule has 4 aromatic rings. The van der Waals surface area contributed by atoms with Gasteiger partial charge in [-0.25, -0.2) is 0 Å². The summed E-state index contributed by atoms with van der Waals surface area (Å²) >= 11 is 0. The van der Waals surface area contributed by atoms with Crippen LogP contribution in [0.2, 0.25) is 0 Å². The van der Waals surface area contributed by atoms with Crippen molar-refractivity contribution < 1.29 is 9.47 Å². The van der Waals surface area contributed by atoms with Gasteiger partial charge in [0.25, 0.3) is 0 Å². The van der Waals surface area contributed by atoms with E-state index >= 15 is 0 Å². The topological polar surface area (TPSA) is 44.2 Å². The van der Waals surface area contributed by atoms with Crippen LogP contribution >= 0.6 is 0 Å². The summed E-state index contributed by atoms with van der Waals surface area (Å²) in [6, 6.07) is 24.8. The quantitative estimate of drug-likeness (QED) is 0.0874. The Bertz CT molecular complexity index is 1340. The second kappa shape index (κ2) is 20.8. The predicted octanol–water partition coefficient (Wildman–Crippen LogP) is 12.0. The molecule has 2 heterocycles. The van der Waals surface area contributed by atoms with Gasteiger partial charge >= 0.3 is 0 Å². The van der Waals surface area contributed by atoms with Crippen LogP contribution in [0.25, 0.3) is 35.7 Å². The fourth-order valence-corrected chi connectivity index (χ4v) is 5.26. The van der Waals surface area contributed by atoms with E-state index in [2.05, 4.69) is 109 Å². The molecule has 0 radical (unpaired) electrons. The van der Waals surface area contributed by atoms with E-state index in [4.69, 9.17) is 9.47 Å². The van der Waals surface area contributed by atoms with Crippen molar-refractivity contribution in [1.82, 2.24) is 9.97 Å². The largest absolute Gasteiger partial charge is 0.494 e. The van der Waals surface area contributed by atoms with E-state index in [-0.39, 0.29) is 0 Å². The van der Waals surface area contributed by atoms with Crippen LogP contribution in [0, 0.1) is 0 Å². The Morgan fingerprint density at radius 3 is 1.22 bits per heavy atom. The molecule has 242 valence electrons. The monoisotopic (exact) mass is 616 g/mol. The number of ether oxygens (including phenoxy) is 2. The summed E-state index contributed by atoms with van der Waals surface area (Å²) < 4.78 is 11.9. The lowest BCUT2D eigenvalue weighted by Gasteiger charge is -2.06. The van der Waals surface area contributed by atoms with E-state index in [1.807, 2.05) is 24.5 Å². The number of unbranched alkanes of at least 4 members (excludes halogenated alkanes) is 10. The van der Waals surface area contributed by atoms with E-state index < -0.39 is 0 Å². The van der Waals surface area contributed by atoms with Gasteiger partial charge in [0.1, 0.15) is 11.5 Å². The molecular formula is C42H52N2O2. The molecule has 0 amide bonds. The Morgan fingerprint density at radius 2 is 0.804 bits per heavy atom. The van der Waals surface area contributed by atoms with Gasteiger partial charge in [-0.2, -0.15) is 0 Å². The summed E-state index contributed by atoms with van der Waals surface area (Å²) in [5.74, 6) is 1.86. The Morgan fingerprint density at radius 1 is 0.435 bits per heavy atom. The molecule has 0 saturated carbocycles. The third kappa shape index (κ3) is 13.0. The second-order valence-corrected chi connectivity index (χ2v) is 12.0. The zero-order chi connectivity index (χ0) is 32.1. The molecule has 2 aromatic carbocycles. The molecule has 4 heteroatoms. The first-order chi connectivity index (χ1) is 22.7. The standard InChI is InChI=1S/C42H52N2O2/c1-3-5-7-9-11-13-31-45-39-23-19-35(20-24-39)15-17-37-27-29-43-41(33-37)42-34-38(28-30-44-42)18-16-36-21-25-40(26-22-36)46-32-14-12-10-8-6-4-2/h15-30,33-34H,3-14,31-32H2,1-2H3/b17-15+,18-16+. The minimum Gasteiger partial charge on any atom is -0.494 e. The molecule has 2 aromatic heterocycles. The van der Waals surface area contributed by atoms with Crippen molar-refractivity contribution in [1.29, 1.82) is 0 Å². The Balaban J connectivity index is 1.25. The maximum atomic E-state index is 5.93. The van der Waals surface area contributed by atoms with Crippen molar-refractivity contribution in [3.8, 4) is 22.9 Å². The molecule has 0 saturated heterocycles. The fourth-order valence-electron chi connectivity index (χ4n) is 5.26. The maximum Gasteiger partial charge on any atom is 0.119 e. The van der Waals surface area contributed by atoms with Crippen molar-refractivity contribution in [2.75, 3.05) is 13.2 Å². The van der Waals surface area contributed by atoms with Gasteiger partial charge in [-0.1, -0.05) is 127 Å². The van der Waals surface area contributed by atoms with Crippen LogP contribution in [0.1, 0.15) is 113 Å². The summed E-state index contributed by atoms with van der Waals surface area (Å²) in [4.78, 5) is 9.20. The van der Waals surface area contributed by atoms with E-state index in [0.29, 0.717) is 0 Å². The van der Waals surface area contributed by atoms with Crippen molar-refractivity contribution in [3.05, 3.63) is 107 Å². The number of hydrogen-bond acceptors (Lipinski definition) is 4. The number of rotatable bonds is 21. The van der Waals surface area contributed by atoms with Gasteiger partial charge in [0.2, 0.25) is 0 Å². The molecular weight excluding hydrogens is 564 g/mol. The fraction of sp³-hybridized carbons (Fsp3) is 0.381. The Kier molecular flexibility index (Phi) is 15.7. The normalized spacial score (nSPS) is 11.4. The molecule has 0 fully saturated rings. The van der Waals surface area contributed by atoms with Gasteiger partial charge in [-0.05, 0) is 83.6 Å². The van der Waals surface area contributed by atoms with Crippen LogP contribution in [0.4, 0.5) is 0 Å². The molecule has 46 heavy (non-hydrogen) atoms. The van der Waals surface area contributed by atoms with E-state index in [9.17, 15) is 0 Å². The van der Waals surface area contributed by atoms with Gasteiger partial charge in [0.15, 0.2) is 0 Å². The van der Waals surface area contributed by atoms with E-state index in [1.54, 1.807) is 0 Å². The van der Waals surface area contributed by atoms with Crippen molar-refractivity contribution in [3.63, 3.8) is 0 Å². The predicted molar refractivity (Wildman–Crippen MR) is 196 cm³/mol. The minimum absolute atomic E-state index is 0.786. The molecule has 4 nitrogen and oxygen atoms in total. The number of aromatic nitrogens is 2. The van der Waals surface area contributed by atoms with Crippen LogP contribution in [0.3, 0.4) is 0 Å². The van der Waals surface area contributed by atoms with Crippen LogP contribution in [0.15, 0.2) is 85.2 Å². The third-order valence-electron chi connectivity index (χ3n) is 8.06.